The second-order valence-electron chi connectivity index (χ2n) is 5.55. The Bertz CT molecular complexity index is 639. The first-order valence-corrected chi connectivity index (χ1v) is 7.77. The molecule has 1 heterocycles. The number of urea groups is 1. The number of carbonyl (C=O) groups excluding carboxylic acids is 1. The standard InChI is InChI=1S/C16H22ClN3O2/c1-11(21)6-8-20(2)16(22)18-7-5-12-10-19-15-4-3-13(17)9-14(12)15/h3-4,9-11,19,21H,5-8H2,1-2H3,(H,18,22). The van der Waals surface area contributed by atoms with E-state index in [4.69, 9.17) is 11.6 Å². The number of aliphatic hydroxyl groups is 1. The van der Waals surface area contributed by atoms with Crippen LogP contribution in [0.3, 0.4) is 0 Å². The van der Waals surface area contributed by atoms with E-state index < -0.39 is 6.10 Å². The summed E-state index contributed by atoms with van der Waals surface area (Å²) in [6.45, 7) is 2.80. The van der Waals surface area contributed by atoms with Gasteiger partial charge in [-0.2, -0.15) is 0 Å². The number of aromatic amines is 1. The first-order chi connectivity index (χ1) is 10.5. The van der Waals surface area contributed by atoms with Gasteiger partial charge < -0.3 is 20.3 Å². The Morgan fingerprint density at radius 1 is 1.50 bits per heavy atom. The molecule has 6 heteroatoms. The quantitative estimate of drug-likeness (QED) is 0.765. The minimum atomic E-state index is -0.397. The maximum Gasteiger partial charge on any atom is 0.317 e. The number of rotatable bonds is 6. The average molecular weight is 324 g/mol. The summed E-state index contributed by atoms with van der Waals surface area (Å²) in [5, 5.41) is 13.9. The smallest absolute Gasteiger partial charge is 0.317 e. The highest BCUT2D eigenvalue weighted by Crippen LogP contribution is 2.22. The van der Waals surface area contributed by atoms with E-state index in [1.54, 1.807) is 18.9 Å². The zero-order valence-corrected chi connectivity index (χ0v) is 13.7. The van der Waals surface area contributed by atoms with Crippen LogP contribution in [0.25, 0.3) is 10.9 Å². The SMILES string of the molecule is CC(O)CCN(C)C(=O)NCCc1c[nH]c2ccc(Cl)cc12. The van der Waals surface area contributed by atoms with E-state index in [1.807, 2.05) is 24.4 Å². The van der Waals surface area contributed by atoms with Crippen LogP contribution in [0.4, 0.5) is 4.79 Å². The Hall–Kier alpha value is -1.72. The summed E-state index contributed by atoms with van der Waals surface area (Å²) >= 11 is 6.02. The van der Waals surface area contributed by atoms with Gasteiger partial charge in [0.25, 0.3) is 0 Å². The second kappa shape index (κ2) is 7.51. The Balaban J connectivity index is 1.85. The molecule has 22 heavy (non-hydrogen) atoms. The van der Waals surface area contributed by atoms with Gasteiger partial charge in [0, 0.05) is 42.3 Å². The van der Waals surface area contributed by atoms with Gasteiger partial charge in [-0.3, -0.25) is 0 Å². The third-order valence-electron chi connectivity index (χ3n) is 3.63. The van der Waals surface area contributed by atoms with Gasteiger partial charge in [0.15, 0.2) is 0 Å². The number of hydrogen-bond donors (Lipinski definition) is 3. The predicted octanol–water partition coefficient (Wildman–Crippen LogP) is 2.78. The van der Waals surface area contributed by atoms with Gasteiger partial charge in [0.1, 0.15) is 0 Å². The monoisotopic (exact) mass is 323 g/mol. The van der Waals surface area contributed by atoms with Crippen LogP contribution < -0.4 is 5.32 Å². The number of aromatic nitrogens is 1. The molecule has 3 N–H and O–H groups in total. The molecular weight excluding hydrogens is 302 g/mol. The summed E-state index contributed by atoms with van der Waals surface area (Å²) in [5.41, 5.74) is 2.17. The van der Waals surface area contributed by atoms with Crippen molar-refractivity contribution < 1.29 is 9.90 Å². The lowest BCUT2D eigenvalue weighted by molar-refractivity contribution is 0.163. The average Bonchev–Trinajstić information content (AvgIpc) is 2.87. The van der Waals surface area contributed by atoms with Crippen LogP contribution in [0, 0.1) is 0 Å². The second-order valence-corrected chi connectivity index (χ2v) is 5.98. The first-order valence-electron chi connectivity index (χ1n) is 7.40. The van der Waals surface area contributed by atoms with Crippen molar-refractivity contribution in [3.63, 3.8) is 0 Å². The molecular formula is C16H22ClN3O2. The zero-order valence-electron chi connectivity index (χ0n) is 12.9. The highest BCUT2D eigenvalue weighted by atomic mass is 35.5. The third-order valence-corrected chi connectivity index (χ3v) is 3.86. The third kappa shape index (κ3) is 4.39. The maximum atomic E-state index is 11.9. The number of benzene rings is 1. The Kier molecular flexibility index (Phi) is 5.69. The summed E-state index contributed by atoms with van der Waals surface area (Å²) in [5.74, 6) is 0. The number of amides is 2. The molecule has 2 rings (SSSR count). The lowest BCUT2D eigenvalue weighted by Gasteiger charge is -2.18. The van der Waals surface area contributed by atoms with Gasteiger partial charge in [0.05, 0.1) is 6.10 Å². The Morgan fingerprint density at radius 3 is 3.00 bits per heavy atom. The maximum absolute atomic E-state index is 11.9. The van der Waals surface area contributed by atoms with Crippen LogP contribution in [0.15, 0.2) is 24.4 Å². The van der Waals surface area contributed by atoms with Crippen LogP contribution in [0.1, 0.15) is 18.9 Å². The number of hydrogen-bond acceptors (Lipinski definition) is 2. The van der Waals surface area contributed by atoms with Crippen LogP contribution in [0.2, 0.25) is 5.02 Å². The molecule has 2 amide bonds. The highest BCUT2D eigenvalue weighted by Gasteiger charge is 2.09. The molecule has 1 atom stereocenters. The molecule has 0 aliphatic carbocycles. The van der Waals surface area contributed by atoms with E-state index in [0.717, 1.165) is 22.9 Å². The van der Waals surface area contributed by atoms with Gasteiger partial charge in [-0.15, -0.1) is 0 Å². The fourth-order valence-electron chi connectivity index (χ4n) is 2.28. The molecule has 0 bridgehead atoms. The summed E-state index contributed by atoms with van der Waals surface area (Å²) in [7, 11) is 1.73. The molecule has 120 valence electrons. The number of nitrogens with zero attached hydrogens (tertiary/aromatic N) is 1. The number of aliphatic hydroxyl groups excluding tert-OH is 1. The van der Waals surface area contributed by atoms with Crippen molar-refractivity contribution in [1.82, 2.24) is 15.2 Å². The normalized spacial score (nSPS) is 12.4. The lowest BCUT2D eigenvalue weighted by Crippen LogP contribution is -2.39. The molecule has 0 spiro atoms. The van der Waals surface area contributed by atoms with Crippen molar-refractivity contribution in [1.29, 1.82) is 0 Å². The van der Waals surface area contributed by atoms with E-state index in [2.05, 4.69) is 10.3 Å². The lowest BCUT2D eigenvalue weighted by atomic mass is 10.1. The van der Waals surface area contributed by atoms with Crippen molar-refractivity contribution in [3.8, 4) is 0 Å². The van der Waals surface area contributed by atoms with Crippen molar-refractivity contribution >= 4 is 28.5 Å². The zero-order chi connectivity index (χ0) is 16.1. The van der Waals surface area contributed by atoms with E-state index in [1.165, 1.54) is 0 Å². The Labute approximate surface area is 135 Å². The molecule has 1 unspecified atom stereocenters. The molecule has 5 nitrogen and oxygen atoms in total. The minimum Gasteiger partial charge on any atom is -0.393 e. The number of nitrogens with one attached hydrogen (secondary N) is 2. The van der Waals surface area contributed by atoms with Gasteiger partial charge >= 0.3 is 6.03 Å². The van der Waals surface area contributed by atoms with Gasteiger partial charge in [-0.05, 0) is 43.5 Å². The summed E-state index contributed by atoms with van der Waals surface area (Å²) in [6, 6.07) is 5.60. The largest absolute Gasteiger partial charge is 0.393 e. The summed E-state index contributed by atoms with van der Waals surface area (Å²) in [4.78, 5) is 16.7. The molecule has 1 aromatic carbocycles. The molecule has 0 saturated carbocycles. The molecule has 2 aromatic rings. The van der Waals surface area contributed by atoms with E-state index in [0.29, 0.717) is 24.5 Å². The van der Waals surface area contributed by atoms with E-state index in [-0.39, 0.29) is 6.03 Å². The molecule has 0 aliphatic heterocycles. The Morgan fingerprint density at radius 2 is 2.27 bits per heavy atom. The van der Waals surface area contributed by atoms with Crippen LogP contribution in [-0.4, -0.2) is 47.3 Å². The van der Waals surface area contributed by atoms with Gasteiger partial charge in [-0.1, -0.05) is 11.6 Å². The van der Waals surface area contributed by atoms with E-state index in [9.17, 15) is 9.90 Å². The number of halogens is 1. The fraction of sp³-hybridized carbons (Fsp3) is 0.438. The van der Waals surface area contributed by atoms with Crippen molar-refractivity contribution in [2.75, 3.05) is 20.1 Å². The minimum absolute atomic E-state index is 0.126. The molecule has 0 fully saturated rings. The van der Waals surface area contributed by atoms with Crippen LogP contribution in [-0.2, 0) is 6.42 Å². The number of fused-ring (bicyclic) bond motifs is 1. The van der Waals surface area contributed by atoms with Gasteiger partial charge in [0.2, 0.25) is 0 Å². The van der Waals surface area contributed by atoms with Crippen molar-refractivity contribution in [3.05, 3.63) is 35.0 Å². The molecule has 0 radical (unpaired) electrons. The topological polar surface area (TPSA) is 68.4 Å². The molecule has 1 aromatic heterocycles. The highest BCUT2D eigenvalue weighted by molar-refractivity contribution is 6.31. The van der Waals surface area contributed by atoms with Crippen molar-refractivity contribution in [2.45, 2.75) is 25.9 Å². The first kappa shape index (κ1) is 16.6. The fourth-order valence-corrected chi connectivity index (χ4v) is 2.45. The summed E-state index contributed by atoms with van der Waals surface area (Å²) < 4.78 is 0. The summed E-state index contributed by atoms with van der Waals surface area (Å²) in [6.07, 6.45) is 2.86. The molecule has 0 saturated heterocycles. The predicted molar refractivity (Wildman–Crippen MR) is 89.3 cm³/mol. The van der Waals surface area contributed by atoms with Crippen molar-refractivity contribution in [2.24, 2.45) is 0 Å². The van der Waals surface area contributed by atoms with E-state index >= 15 is 0 Å². The number of carbonyl (C=O) groups is 1. The van der Waals surface area contributed by atoms with Gasteiger partial charge in [-0.25, -0.2) is 4.79 Å². The van der Waals surface area contributed by atoms with Crippen LogP contribution >= 0.6 is 11.6 Å². The van der Waals surface area contributed by atoms with Crippen LogP contribution in [0.5, 0.6) is 0 Å². The molecule has 0 aliphatic rings. The number of H-pyrrole nitrogens is 1.